The normalized spacial score (nSPS) is 23.8. The van der Waals surface area contributed by atoms with Crippen LogP contribution >= 0.6 is 0 Å². The van der Waals surface area contributed by atoms with Gasteiger partial charge in [0.1, 0.15) is 5.78 Å². The average molecular weight is 267 g/mol. The molecule has 0 heterocycles. The minimum Gasteiger partial charge on any atom is -0.347 e. The van der Waals surface area contributed by atoms with Gasteiger partial charge in [0.25, 0.3) is 5.91 Å². The molecule has 108 valence electrons. The maximum atomic E-state index is 12.0. The molecule has 19 heavy (non-hydrogen) atoms. The molecule has 1 saturated carbocycles. The van der Waals surface area contributed by atoms with E-state index < -0.39 is 11.3 Å². The van der Waals surface area contributed by atoms with Gasteiger partial charge in [-0.25, -0.2) is 0 Å². The van der Waals surface area contributed by atoms with E-state index in [2.05, 4.69) is 5.32 Å². The summed E-state index contributed by atoms with van der Waals surface area (Å²) in [5.74, 6) is -0.453. The molecule has 0 aromatic heterocycles. The standard InChI is InChI=1S/C15H25NO3/c1-5-15(3,4)13(18)14(19)16-12-8-6-11(7-9-12)10(2)17/h11-12H,5-9H2,1-4H3,(H,16,19). The van der Waals surface area contributed by atoms with Gasteiger partial charge >= 0.3 is 0 Å². The zero-order chi connectivity index (χ0) is 14.6. The average Bonchev–Trinajstić information content (AvgIpc) is 2.38. The first kappa shape index (κ1) is 15.9. The zero-order valence-electron chi connectivity index (χ0n) is 12.4. The first-order valence-electron chi connectivity index (χ1n) is 7.13. The van der Waals surface area contributed by atoms with Crippen LogP contribution in [0.2, 0.25) is 0 Å². The Morgan fingerprint density at radius 1 is 1.11 bits per heavy atom. The molecule has 1 aliphatic carbocycles. The van der Waals surface area contributed by atoms with Crippen molar-refractivity contribution in [2.24, 2.45) is 11.3 Å². The van der Waals surface area contributed by atoms with Gasteiger partial charge in [0, 0.05) is 17.4 Å². The molecule has 1 fully saturated rings. The van der Waals surface area contributed by atoms with E-state index in [4.69, 9.17) is 0 Å². The minimum atomic E-state index is -0.597. The van der Waals surface area contributed by atoms with E-state index >= 15 is 0 Å². The molecule has 1 rings (SSSR count). The number of hydrogen-bond donors (Lipinski definition) is 1. The van der Waals surface area contributed by atoms with Crippen LogP contribution in [-0.4, -0.2) is 23.5 Å². The van der Waals surface area contributed by atoms with E-state index in [0.717, 1.165) is 25.7 Å². The van der Waals surface area contributed by atoms with Crippen LogP contribution in [0.3, 0.4) is 0 Å². The number of rotatable bonds is 5. The third-order valence-corrected chi connectivity index (χ3v) is 4.34. The van der Waals surface area contributed by atoms with Crippen molar-refractivity contribution in [3.05, 3.63) is 0 Å². The molecule has 0 atom stereocenters. The lowest BCUT2D eigenvalue weighted by molar-refractivity contribution is -0.143. The van der Waals surface area contributed by atoms with Gasteiger partial charge in [0.05, 0.1) is 0 Å². The van der Waals surface area contributed by atoms with Crippen molar-refractivity contribution in [2.45, 2.75) is 65.8 Å². The predicted octanol–water partition coefficient (Wildman–Crippen LogP) is 2.26. The third-order valence-electron chi connectivity index (χ3n) is 4.34. The Morgan fingerprint density at radius 3 is 2.05 bits per heavy atom. The first-order chi connectivity index (χ1) is 8.77. The summed E-state index contributed by atoms with van der Waals surface area (Å²) in [6, 6.07) is 0.0414. The maximum absolute atomic E-state index is 12.0. The Balaban J connectivity index is 2.47. The highest BCUT2D eigenvalue weighted by atomic mass is 16.2. The van der Waals surface area contributed by atoms with Crippen LogP contribution in [0.15, 0.2) is 0 Å². The van der Waals surface area contributed by atoms with Crippen LogP contribution < -0.4 is 5.32 Å². The molecule has 1 amide bonds. The second-order valence-corrected chi connectivity index (χ2v) is 6.20. The minimum absolute atomic E-state index is 0.0414. The summed E-state index contributed by atoms with van der Waals surface area (Å²) in [5, 5.41) is 2.82. The number of Topliss-reactive ketones (excluding diaryl/α,β-unsaturated/α-hetero) is 2. The Labute approximate surface area is 115 Å². The summed E-state index contributed by atoms with van der Waals surface area (Å²) in [7, 11) is 0. The lowest BCUT2D eigenvalue weighted by Crippen LogP contribution is -2.45. The number of nitrogens with one attached hydrogen (secondary N) is 1. The van der Waals surface area contributed by atoms with Crippen molar-refractivity contribution in [3.63, 3.8) is 0 Å². The van der Waals surface area contributed by atoms with Crippen molar-refractivity contribution in [1.82, 2.24) is 5.32 Å². The number of carbonyl (C=O) groups is 3. The smallest absolute Gasteiger partial charge is 0.288 e. The molecule has 0 bridgehead atoms. The monoisotopic (exact) mass is 267 g/mol. The molecule has 0 aliphatic heterocycles. The molecule has 0 saturated heterocycles. The fraction of sp³-hybridized carbons (Fsp3) is 0.800. The van der Waals surface area contributed by atoms with E-state index in [0.29, 0.717) is 6.42 Å². The van der Waals surface area contributed by atoms with Gasteiger partial charge in [-0.2, -0.15) is 0 Å². The lowest BCUT2D eigenvalue weighted by atomic mass is 9.82. The van der Waals surface area contributed by atoms with Crippen LogP contribution in [0.4, 0.5) is 0 Å². The van der Waals surface area contributed by atoms with Crippen molar-refractivity contribution in [3.8, 4) is 0 Å². The number of carbonyl (C=O) groups excluding carboxylic acids is 3. The Bertz CT molecular complexity index is 366. The maximum Gasteiger partial charge on any atom is 0.288 e. The van der Waals surface area contributed by atoms with E-state index in [1.165, 1.54) is 0 Å². The van der Waals surface area contributed by atoms with Crippen LogP contribution in [0.5, 0.6) is 0 Å². The fourth-order valence-electron chi connectivity index (χ4n) is 2.36. The predicted molar refractivity (Wildman–Crippen MR) is 73.6 cm³/mol. The molecule has 4 nitrogen and oxygen atoms in total. The van der Waals surface area contributed by atoms with E-state index in [1.54, 1.807) is 20.8 Å². The van der Waals surface area contributed by atoms with Crippen molar-refractivity contribution >= 4 is 17.5 Å². The van der Waals surface area contributed by atoms with Gasteiger partial charge in [0.2, 0.25) is 5.78 Å². The van der Waals surface area contributed by atoms with Gasteiger partial charge in [-0.3, -0.25) is 14.4 Å². The largest absolute Gasteiger partial charge is 0.347 e. The molecule has 0 aromatic rings. The summed E-state index contributed by atoms with van der Waals surface area (Å²) in [4.78, 5) is 35.1. The molecule has 0 spiro atoms. The first-order valence-corrected chi connectivity index (χ1v) is 7.13. The number of amides is 1. The molecule has 1 aliphatic rings. The van der Waals surface area contributed by atoms with E-state index in [-0.39, 0.29) is 23.5 Å². The Kier molecular flexibility index (Phi) is 5.27. The molecule has 1 N–H and O–H groups in total. The molecule has 0 radical (unpaired) electrons. The van der Waals surface area contributed by atoms with Crippen LogP contribution in [0, 0.1) is 11.3 Å². The highest BCUT2D eigenvalue weighted by Crippen LogP contribution is 2.26. The van der Waals surface area contributed by atoms with Gasteiger partial charge in [-0.05, 0) is 39.0 Å². The quantitative estimate of drug-likeness (QED) is 0.777. The van der Waals surface area contributed by atoms with Gasteiger partial charge in [-0.1, -0.05) is 20.8 Å². The van der Waals surface area contributed by atoms with Gasteiger partial charge < -0.3 is 5.32 Å². The van der Waals surface area contributed by atoms with E-state index in [1.807, 2.05) is 6.92 Å². The van der Waals surface area contributed by atoms with Crippen molar-refractivity contribution in [2.75, 3.05) is 0 Å². The lowest BCUT2D eigenvalue weighted by Gasteiger charge is -2.28. The van der Waals surface area contributed by atoms with Crippen LogP contribution in [0.1, 0.15) is 59.8 Å². The SMILES string of the molecule is CCC(C)(C)C(=O)C(=O)NC1CCC(C(C)=O)CC1. The molecule has 4 heteroatoms. The fourth-order valence-corrected chi connectivity index (χ4v) is 2.36. The van der Waals surface area contributed by atoms with E-state index in [9.17, 15) is 14.4 Å². The van der Waals surface area contributed by atoms with Crippen molar-refractivity contribution in [1.29, 1.82) is 0 Å². The third kappa shape index (κ3) is 4.15. The molecule has 0 aromatic carbocycles. The Hall–Kier alpha value is -1.19. The summed E-state index contributed by atoms with van der Waals surface area (Å²) in [5.41, 5.74) is -0.597. The highest BCUT2D eigenvalue weighted by Gasteiger charge is 2.33. The summed E-state index contributed by atoms with van der Waals surface area (Å²) >= 11 is 0. The van der Waals surface area contributed by atoms with Crippen LogP contribution in [-0.2, 0) is 14.4 Å². The second kappa shape index (κ2) is 6.31. The Morgan fingerprint density at radius 2 is 1.63 bits per heavy atom. The van der Waals surface area contributed by atoms with Gasteiger partial charge in [-0.15, -0.1) is 0 Å². The molecule has 0 unspecified atom stereocenters. The highest BCUT2D eigenvalue weighted by molar-refractivity contribution is 6.38. The van der Waals surface area contributed by atoms with Gasteiger partial charge in [0.15, 0.2) is 0 Å². The number of hydrogen-bond acceptors (Lipinski definition) is 3. The van der Waals surface area contributed by atoms with Crippen molar-refractivity contribution < 1.29 is 14.4 Å². The summed E-state index contributed by atoms with van der Waals surface area (Å²) < 4.78 is 0. The second-order valence-electron chi connectivity index (χ2n) is 6.20. The molecular weight excluding hydrogens is 242 g/mol. The summed E-state index contributed by atoms with van der Waals surface area (Å²) in [6.07, 6.45) is 3.85. The molecular formula is C15H25NO3. The number of ketones is 2. The van der Waals surface area contributed by atoms with Crippen LogP contribution in [0.25, 0.3) is 0 Å². The zero-order valence-corrected chi connectivity index (χ0v) is 12.4. The topological polar surface area (TPSA) is 63.2 Å². The summed E-state index contributed by atoms with van der Waals surface area (Å²) in [6.45, 7) is 7.11.